The van der Waals surface area contributed by atoms with Crippen molar-refractivity contribution >= 4 is 5.91 Å². The minimum atomic E-state index is -0.193. The molecule has 0 aliphatic rings. The van der Waals surface area contributed by atoms with Gasteiger partial charge in [-0.05, 0) is 36.4 Å². The Kier molecular flexibility index (Phi) is 5.31. The second kappa shape index (κ2) is 8.01. The molecule has 0 saturated carbocycles. The monoisotopic (exact) mass is 338 g/mol. The average Bonchev–Trinajstić information content (AvgIpc) is 3.13. The van der Waals surface area contributed by atoms with Gasteiger partial charge in [0.05, 0.1) is 13.7 Å². The first-order chi connectivity index (χ1) is 12.2. The number of methoxy groups -OCH3 is 1. The fourth-order valence-corrected chi connectivity index (χ4v) is 2.19. The molecule has 0 spiro atoms. The van der Waals surface area contributed by atoms with Gasteiger partial charge in [-0.3, -0.25) is 4.79 Å². The third kappa shape index (κ3) is 4.60. The van der Waals surface area contributed by atoms with Crippen LogP contribution in [0.2, 0.25) is 0 Å². The second-order valence-corrected chi connectivity index (χ2v) is 5.30. The zero-order valence-corrected chi connectivity index (χ0v) is 13.8. The first kappa shape index (κ1) is 16.6. The van der Waals surface area contributed by atoms with E-state index in [1.807, 2.05) is 30.3 Å². The topological polar surface area (TPSA) is 73.6 Å². The number of carbonyl (C=O) groups is 1. The molecule has 1 heterocycles. The minimum Gasteiger partial charge on any atom is -0.497 e. The van der Waals surface area contributed by atoms with Gasteiger partial charge in [-0.1, -0.05) is 23.4 Å². The van der Waals surface area contributed by atoms with Gasteiger partial charge in [-0.25, -0.2) is 0 Å². The highest BCUT2D eigenvalue weighted by molar-refractivity contribution is 5.94. The molecule has 2 aromatic carbocycles. The fourth-order valence-electron chi connectivity index (χ4n) is 2.19. The van der Waals surface area contributed by atoms with Gasteiger partial charge in [0.15, 0.2) is 5.76 Å². The molecular weight excluding hydrogens is 320 g/mol. The first-order valence-electron chi connectivity index (χ1n) is 7.79. The van der Waals surface area contributed by atoms with Gasteiger partial charge < -0.3 is 19.3 Å². The summed E-state index contributed by atoms with van der Waals surface area (Å²) < 4.78 is 15.9. The molecule has 1 amide bonds. The van der Waals surface area contributed by atoms with Crippen molar-refractivity contribution < 1.29 is 18.8 Å². The molecule has 25 heavy (non-hydrogen) atoms. The molecule has 3 rings (SSSR count). The summed E-state index contributed by atoms with van der Waals surface area (Å²) in [5.74, 6) is 1.84. The van der Waals surface area contributed by atoms with Gasteiger partial charge >= 0.3 is 0 Å². The van der Waals surface area contributed by atoms with Crippen LogP contribution in [0, 0.1) is 0 Å². The molecule has 0 saturated heterocycles. The number of benzene rings is 2. The Morgan fingerprint density at radius 2 is 1.84 bits per heavy atom. The molecule has 6 nitrogen and oxygen atoms in total. The molecule has 128 valence electrons. The predicted octanol–water partition coefficient (Wildman–Crippen LogP) is 3.19. The summed E-state index contributed by atoms with van der Waals surface area (Å²) >= 11 is 0. The standard InChI is InChI=1S/C19H18N2O4/c1-23-16-9-7-14(8-10-16)19(22)20-12-18-11-15(21-25-18)13-24-17-5-3-2-4-6-17/h2-11H,12-13H2,1H3,(H,20,22). The molecule has 0 aliphatic carbocycles. The van der Waals surface area contributed by atoms with Crippen LogP contribution < -0.4 is 14.8 Å². The Balaban J connectivity index is 1.50. The molecule has 3 aromatic rings. The van der Waals surface area contributed by atoms with E-state index in [2.05, 4.69) is 10.5 Å². The summed E-state index contributed by atoms with van der Waals surface area (Å²) in [5.41, 5.74) is 1.21. The molecule has 1 N–H and O–H groups in total. The average molecular weight is 338 g/mol. The summed E-state index contributed by atoms with van der Waals surface area (Å²) in [6.45, 7) is 0.559. The van der Waals surface area contributed by atoms with Crippen LogP contribution in [0.3, 0.4) is 0 Å². The van der Waals surface area contributed by atoms with E-state index in [4.69, 9.17) is 14.0 Å². The van der Waals surface area contributed by atoms with Gasteiger partial charge in [0.2, 0.25) is 0 Å². The van der Waals surface area contributed by atoms with E-state index in [0.29, 0.717) is 29.4 Å². The van der Waals surface area contributed by atoms with Crippen molar-refractivity contribution in [3.8, 4) is 11.5 Å². The van der Waals surface area contributed by atoms with Crippen LogP contribution in [0.15, 0.2) is 65.2 Å². The highest BCUT2D eigenvalue weighted by Crippen LogP contribution is 2.13. The molecule has 6 heteroatoms. The number of nitrogens with zero attached hydrogens (tertiary/aromatic N) is 1. The normalized spacial score (nSPS) is 10.3. The number of hydrogen-bond acceptors (Lipinski definition) is 5. The molecule has 0 radical (unpaired) electrons. The predicted molar refractivity (Wildman–Crippen MR) is 91.4 cm³/mol. The highest BCUT2D eigenvalue weighted by atomic mass is 16.5. The molecule has 0 unspecified atom stereocenters. The number of ether oxygens (including phenoxy) is 2. The smallest absolute Gasteiger partial charge is 0.251 e. The Morgan fingerprint density at radius 3 is 2.56 bits per heavy atom. The fraction of sp³-hybridized carbons (Fsp3) is 0.158. The second-order valence-electron chi connectivity index (χ2n) is 5.30. The molecule has 0 bridgehead atoms. The van der Waals surface area contributed by atoms with Crippen molar-refractivity contribution in [2.45, 2.75) is 13.2 Å². The van der Waals surface area contributed by atoms with Crippen LogP contribution in [0.25, 0.3) is 0 Å². The minimum absolute atomic E-state index is 0.193. The third-order valence-corrected chi connectivity index (χ3v) is 3.51. The lowest BCUT2D eigenvalue weighted by Gasteiger charge is -2.04. The van der Waals surface area contributed by atoms with Gasteiger partial charge in [0.1, 0.15) is 23.8 Å². The SMILES string of the molecule is COc1ccc(C(=O)NCc2cc(COc3ccccc3)no2)cc1. The number of amides is 1. The van der Waals surface area contributed by atoms with Gasteiger partial charge in [-0.15, -0.1) is 0 Å². The summed E-state index contributed by atoms with van der Waals surface area (Å²) in [4.78, 5) is 12.1. The zero-order valence-electron chi connectivity index (χ0n) is 13.8. The van der Waals surface area contributed by atoms with Crippen LogP contribution in [0.1, 0.15) is 21.8 Å². The van der Waals surface area contributed by atoms with Crippen LogP contribution in [-0.2, 0) is 13.2 Å². The summed E-state index contributed by atoms with van der Waals surface area (Å²) in [6, 6.07) is 18.1. The highest BCUT2D eigenvalue weighted by Gasteiger charge is 2.09. The van der Waals surface area contributed by atoms with Crippen molar-refractivity contribution in [3.63, 3.8) is 0 Å². The number of nitrogens with one attached hydrogen (secondary N) is 1. The summed E-state index contributed by atoms with van der Waals surface area (Å²) in [5, 5.41) is 6.72. The largest absolute Gasteiger partial charge is 0.497 e. The maximum Gasteiger partial charge on any atom is 0.251 e. The quantitative estimate of drug-likeness (QED) is 0.716. The van der Waals surface area contributed by atoms with Crippen molar-refractivity contribution in [3.05, 3.63) is 77.7 Å². The van der Waals surface area contributed by atoms with E-state index in [-0.39, 0.29) is 12.5 Å². The van der Waals surface area contributed by atoms with Gasteiger partial charge in [0.25, 0.3) is 5.91 Å². The van der Waals surface area contributed by atoms with Gasteiger partial charge in [-0.2, -0.15) is 0 Å². The van der Waals surface area contributed by atoms with E-state index in [1.54, 1.807) is 37.4 Å². The third-order valence-electron chi connectivity index (χ3n) is 3.51. The number of carbonyl (C=O) groups excluding carboxylic acids is 1. The lowest BCUT2D eigenvalue weighted by Crippen LogP contribution is -2.22. The van der Waals surface area contributed by atoms with E-state index in [0.717, 1.165) is 5.75 Å². The van der Waals surface area contributed by atoms with E-state index >= 15 is 0 Å². The van der Waals surface area contributed by atoms with Crippen LogP contribution in [0.5, 0.6) is 11.5 Å². The number of aromatic nitrogens is 1. The molecule has 1 aromatic heterocycles. The number of rotatable bonds is 7. The first-order valence-corrected chi connectivity index (χ1v) is 7.79. The van der Waals surface area contributed by atoms with E-state index in [9.17, 15) is 4.79 Å². The number of hydrogen-bond donors (Lipinski definition) is 1. The lowest BCUT2D eigenvalue weighted by atomic mass is 10.2. The van der Waals surface area contributed by atoms with E-state index < -0.39 is 0 Å². The van der Waals surface area contributed by atoms with Crippen LogP contribution >= 0.6 is 0 Å². The van der Waals surface area contributed by atoms with Crippen molar-refractivity contribution in [2.75, 3.05) is 7.11 Å². The Labute approximate surface area is 145 Å². The van der Waals surface area contributed by atoms with E-state index in [1.165, 1.54) is 0 Å². The Morgan fingerprint density at radius 1 is 1.08 bits per heavy atom. The maximum absolute atomic E-state index is 12.1. The van der Waals surface area contributed by atoms with Crippen LogP contribution in [0.4, 0.5) is 0 Å². The Hall–Kier alpha value is -3.28. The lowest BCUT2D eigenvalue weighted by molar-refractivity contribution is 0.0947. The summed E-state index contributed by atoms with van der Waals surface area (Å²) in [7, 11) is 1.58. The maximum atomic E-state index is 12.1. The van der Waals surface area contributed by atoms with Crippen molar-refractivity contribution in [2.24, 2.45) is 0 Å². The summed E-state index contributed by atoms with van der Waals surface area (Å²) in [6.07, 6.45) is 0. The number of para-hydroxylation sites is 1. The van der Waals surface area contributed by atoms with Crippen LogP contribution in [-0.4, -0.2) is 18.2 Å². The van der Waals surface area contributed by atoms with Gasteiger partial charge in [0, 0.05) is 11.6 Å². The molecule has 0 fully saturated rings. The Bertz CT molecular complexity index is 813. The zero-order chi connectivity index (χ0) is 17.5. The van der Waals surface area contributed by atoms with Crippen molar-refractivity contribution in [1.82, 2.24) is 10.5 Å². The molecule has 0 aliphatic heterocycles. The van der Waals surface area contributed by atoms with Crippen molar-refractivity contribution in [1.29, 1.82) is 0 Å². The molecule has 0 atom stereocenters. The molecular formula is C19H18N2O4.